The Kier molecular flexibility index (Phi) is 7.00. The van der Waals surface area contributed by atoms with Crippen LogP contribution in [0.2, 0.25) is 0 Å². The topological polar surface area (TPSA) is 95.6 Å². The average molecular weight is 423 g/mol. The maximum atomic E-state index is 12.6. The van der Waals surface area contributed by atoms with Crippen LogP contribution in [0.25, 0.3) is 0 Å². The molecule has 8 nitrogen and oxygen atoms in total. The van der Waals surface area contributed by atoms with Gasteiger partial charge in [-0.15, -0.1) is 0 Å². The van der Waals surface area contributed by atoms with E-state index in [4.69, 9.17) is 9.47 Å². The fourth-order valence-electron chi connectivity index (χ4n) is 3.39. The Morgan fingerprint density at radius 2 is 1.14 bits per heavy atom. The van der Waals surface area contributed by atoms with Crippen molar-refractivity contribution in [2.45, 2.75) is 65.6 Å². The summed E-state index contributed by atoms with van der Waals surface area (Å²) in [7, 11) is 0. The monoisotopic (exact) mass is 422 g/mol. The van der Waals surface area contributed by atoms with Gasteiger partial charge in [-0.2, -0.15) is 16.3 Å². The van der Waals surface area contributed by atoms with Gasteiger partial charge >= 0.3 is 11.9 Å². The summed E-state index contributed by atoms with van der Waals surface area (Å²) in [6.07, 6.45) is 3.97. The molecule has 0 spiro atoms. The van der Waals surface area contributed by atoms with Crippen molar-refractivity contribution in [3.8, 4) is 0 Å². The fraction of sp³-hybridized carbons (Fsp3) is 0.600. The third-order valence-corrected chi connectivity index (χ3v) is 6.34. The number of cyclic esters (lactones) is 2. The van der Waals surface area contributed by atoms with Crippen molar-refractivity contribution >= 4 is 23.7 Å². The number of rotatable bonds is 0. The Morgan fingerprint density at radius 1 is 0.690 bits per heavy atom. The molecule has 3 heterocycles. The largest absolute Gasteiger partial charge is 0.459 e. The number of nitrogens with zero attached hydrogens (tertiary/aromatic N) is 2. The normalized spacial score (nSPS) is 18.1. The van der Waals surface area contributed by atoms with Gasteiger partial charge in [0.05, 0.1) is 11.4 Å². The van der Waals surface area contributed by atoms with Crippen LogP contribution in [0.3, 0.4) is 0 Å². The number of esters is 2. The standard InChI is InChI=1S/C20H26N2O6S/c1-13-15-11-27-17(23)7-3-5-9-29-10-6-4-8-18(24)28-12-16-14(2)20(26)22(19(13)25)21(15)16/h3-12H2,1-2H3. The van der Waals surface area contributed by atoms with Crippen molar-refractivity contribution in [1.29, 1.82) is 0 Å². The fourth-order valence-corrected chi connectivity index (χ4v) is 4.41. The quantitative estimate of drug-likeness (QED) is 0.599. The van der Waals surface area contributed by atoms with Crippen LogP contribution in [0.15, 0.2) is 9.59 Å². The van der Waals surface area contributed by atoms with Gasteiger partial charge in [-0.1, -0.05) is 0 Å². The smallest absolute Gasteiger partial charge is 0.306 e. The lowest BCUT2D eigenvalue weighted by Gasteiger charge is -2.10. The molecule has 1 aliphatic rings. The van der Waals surface area contributed by atoms with E-state index >= 15 is 0 Å². The molecule has 0 aliphatic carbocycles. The van der Waals surface area contributed by atoms with E-state index < -0.39 is 11.1 Å². The Labute approximate surface area is 172 Å². The zero-order valence-corrected chi connectivity index (χ0v) is 17.6. The SMILES string of the molecule is Cc1c2n3c(c(C)c(=O)n3c1=O)COC(=O)CCCCSCCCCC(=O)OC2. The lowest BCUT2D eigenvalue weighted by molar-refractivity contribution is -0.145. The first-order chi connectivity index (χ1) is 13.9. The van der Waals surface area contributed by atoms with Crippen LogP contribution in [0.5, 0.6) is 0 Å². The summed E-state index contributed by atoms with van der Waals surface area (Å²) in [6.45, 7) is 2.97. The zero-order chi connectivity index (χ0) is 21.0. The summed E-state index contributed by atoms with van der Waals surface area (Å²) in [5.74, 6) is 1.27. The predicted octanol–water partition coefficient (Wildman–Crippen LogP) is 1.99. The highest BCUT2D eigenvalue weighted by atomic mass is 32.2. The van der Waals surface area contributed by atoms with Gasteiger partial charge in [0.25, 0.3) is 11.1 Å². The Balaban J connectivity index is 1.93. The second kappa shape index (κ2) is 9.47. The number of carbonyl (C=O) groups is 2. The molecule has 0 radical (unpaired) electrons. The van der Waals surface area contributed by atoms with Crippen LogP contribution in [0.1, 0.15) is 61.0 Å². The van der Waals surface area contributed by atoms with Crippen LogP contribution in [-0.2, 0) is 32.3 Å². The number of hydrogen-bond donors (Lipinski definition) is 0. The summed E-state index contributed by atoms with van der Waals surface area (Å²) in [5, 5.41) is 0. The highest BCUT2D eigenvalue weighted by molar-refractivity contribution is 7.99. The van der Waals surface area contributed by atoms with E-state index in [1.807, 2.05) is 11.8 Å². The molecule has 2 aromatic rings. The molecule has 2 aromatic heterocycles. The van der Waals surface area contributed by atoms with Crippen molar-refractivity contribution in [3.63, 3.8) is 0 Å². The molecule has 9 heteroatoms. The molecule has 0 fully saturated rings. The van der Waals surface area contributed by atoms with Gasteiger partial charge in [0.1, 0.15) is 13.2 Å². The van der Waals surface area contributed by atoms with Gasteiger partial charge < -0.3 is 9.47 Å². The van der Waals surface area contributed by atoms with Crippen molar-refractivity contribution < 1.29 is 19.1 Å². The molecule has 29 heavy (non-hydrogen) atoms. The van der Waals surface area contributed by atoms with Gasteiger partial charge in [-0.05, 0) is 51.0 Å². The molecule has 0 saturated heterocycles. The molecule has 0 N–H and O–H groups in total. The molecule has 0 unspecified atom stereocenters. The van der Waals surface area contributed by atoms with Gasteiger partial charge in [-0.25, -0.2) is 4.52 Å². The van der Waals surface area contributed by atoms with E-state index in [0.717, 1.165) is 41.7 Å². The van der Waals surface area contributed by atoms with E-state index in [1.54, 1.807) is 13.8 Å². The predicted molar refractivity (Wildman–Crippen MR) is 109 cm³/mol. The van der Waals surface area contributed by atoms with Crippen molar-refractivity contribution in [1.82, 2.24) is 9.03 Å². The number of carbonyl (C=O) groups excluding carboxylic acids is 2. The molecule has 0 amide bonds. The summed E-state index contributed by atoms with van der Waals surface area (Å²) in [4.78, 5) is 49.3. The van der Waals surface area contributed by atoms with Crippen LogP contribution in [0.4, 0.5) is 0 Å². The molecule has 0 atom stereocenters. The van der Waals surface area contributed by atoms with Crippen molar-refractivity contribution in [3.05, 3.63) is 43.2 Å². The summed E-state index contributed by atoms with van der Waals surface area (Å²) in [6, 6.07) is 0. The lowest BCUT2D eigenvalue weighted by Crippen LogP contribution is -2.23. The molecule has 1 aliphatic heterocycles. The van der Waals surface area contributed by atoms with E-state index in [-0.39, 0.29) is 25.2 Å². The second-order valence-electron chi connectivity index (χ2n) is 7.23. The summed E-state index contributed by atoms with van der Waals surface area (Å²) in [5.41, 5.74) is 0.628. The van der Waals surface area contributed by atoms with Gasteiger partial charge in [0.2, 0.25) is 0 Å². The van der Waals surface area contributed by atoms with E-state index in [0.29, 0.717) is 35.4 Å². The van der Waals surface area contributed by atoms with Gasteiger partial charge in [0.15, 0.2) is 0 Å². The third-order valence-electron chi connectivity index (χ3n) is 5.18. The maximum absolute atomic E-state index is 12.6. The number of ether oxygens (including phenoxy) is 2. The van der Waals surface area contributed by atoms with Crippen molar-refractivity contribution in [2.24, 2.45) is 0 Å². The highest BCUT2D eigenvalue weighted by Gasteiger charge is 2.24. The van der Waals surface area contributed by atoms with Crippen molar-refractivity contribution in [2.75, 3.05) is 11.5 Å². The highest BCUT2D eigenvalue weighted by Crippen LogP contribution is 2.16. The second-order valence-corrected chi connectivity index (χ2v) is 8.45. The third kappa shape index (κ3) is 4.66. The van der Waals surface area contributed by atoms with E-state index in [2.05, 4.69) is 0 Å². The first-order valence-electron chi connectivity index (χ1n) is 9.89. The molecular formula is C20H26N2O6S. The number of hydrogen-bond acceptors (Lipinski definition) is 7. The van der Waals surface area contributed by atoms with E-state index in [1.165, 1.54) is 4.52 Å². The molecular weight excluding hydrogens is 396 g/mol. The Bertz CT molecular complexity index is 933. The van der Waals surface area contributed by atoms with Crippen LogP contribution >= 0.6 is 11.8 Å². The Morgan fingerprint density at radius 3 is 1.59 bits per heavy atom. The molecule has 0 saturated carbocycles. The first-order valence-corrected chi connectivity index (χ1v) is 11.0. The van der Waals surface area contributed by atoms with Gasteiger partial charge in [0, 0.05) is 24.0 Å². The van der Waals surface area contributed by atoms with Crippen LogP contribution < -0.4 is 11.1 Å². The van der Waals surface area contributed by atoms with Gasteiger partial charge in [-0.3, -0.25) is 19.2 Å². The lowest BCUT2D eigenvalue weighted by atomic mass is 10.2. The average Bonchev–Trinajstić information content (AvgIpc) is 3.08. The van der Waals surface area contributed by atoms with Crippen LogP contribution in [-0.4, -0.2) is 32.5 Å². The molecule has 3 rings (SSSR count). The van der Waals surface area contributed by atoms with Crippen LogP contribution in [0, 0.1) is 13.8 Å². The molecule has 0 aromatic carbocycles. The minimum atomic E-state index is -0.454. The molecule has 158 valence electrons. The maximum Gasteiger partial charge on any atom is 0.306 e. The first kappa shape index (κ1) is 21.4. The Hall–Kier alpha value is -2.29. The molecule has 0 bridgehead atoms. The minimum Gasteiger partial charge on any atom is -0.459 e. The number of thioether (sulfide) groups is 1. The zero-order valence-electron chi connectivity index (χ0n) is 16.8. The summed E-state index contributed by atoms with van der Waals surface area (Å²) < 4.78 is 13.2. The minimum absolute atomic E-state index is 0.111. The number of aromatic nitrogens is 2. The summed E-state index contributed by atoms with van der Waals surface area (Å²) >= 11 is 1.82. The van der Waals surface area contributed by atoms with E-state index in [9.17, 15) is 19.2 Å².